The number of nitrogens with two attached hydrogens (primary N) is 1. The van der Waals surface area contributed by atoms with Gasteiger partial charge in [0.25, 0.3) is 0 Å². The third-order valence-electron chi connectivity index (χ3n) is 2.91. The van der Waals surface area contributed by atoms with Crippen molar-refractivity contribution in [3.8, 4) is 0 Å². The first kappa shape index (κ1) is 12.1. The second-order valence-electron chi connectivity index (χ2n) is 4.10. The number of halogens is 1. The lowest BCUT2D eigenvalue weighted by Crippen LogP contribution is -2.42. The number of nitrogens with one attached hydrogen (secondary N) is 1. The van der Waals surface area contributed by atoms with E-state index >= 15 is 0 Å². The molecule has 0 radical (unpaired) electrons. The molecule has 0 saturated heterocycles. The fourth-order valence-corrected chi connectivity index (χ4v) is 2.39. The summed E-state index contributed by atoms with van der Waals surface area (Å²) in [5, 5.41) is 0.659. The van der Waals surface area contributed by atoms with Crippen LogP contribution in [0.1, 0.15) is 32.6 Å². The van der Waals surface area contributed by atoms with Crippen LogP contribution in [0.5, 0.6) is 0 Å². The lowest BCUT2D eigenvalue weighted by Gasteiger charge is -2.10. The fourth-order valence-electron chi connectivity index (χ4n) is 1.55. The normalized spacial score (nSPS) is 34.6. The van der Waals surface area contributed by atoms with Gasteiger partial charge in [0.05, 0.1) is 5.54 Å². The summed E-state index contributed by atoms with van der Waals surface area (Å²) in [5.74, 6) is 0.448. The largest absolute Gasteiger partial charge is 0.317 e. The van der Waals surface area contributed by atoms with E-state index in [2.05, 4.69) is 11.6 Å². The number of carbonyl (C=O) groups is 1. The minimum absolute atomic E-state index is 0. The summed E-state index contributed by atoms with van der Waals surface area (Å²) < 4.78 is 2.86. The highest BCUT2D eigenvalue weighted by atomic mass is 35.5. The van der Waals surface area contributed by atoms with Crippen LogP contribution in [0.2, 0.25) is 0 Å². The molecule has 2 aliphatic rings. The Hall–Kier alpha value is 0.0700. The SMILES string of the molecule is CC[C@@H]1C[C@]1(N)C(=O)NSC1CC1.Cl. The van der Waals surface area contributed by atoms with Crippen LogP contribution in [-0.2, 0) is 4.79 Å². The van der Waals surface area contributed by atoms with Gasteiger partial charge in [0.15, 0.2) is 0 Å². The van der Waals surface area contributed by atoms with E-state index in [9.17, 15) is 4.79 Å². The van der Waals surface area contributed by atoms with Crippen LogP contribution in [0, 0.1) is 5.92 Å². The van der Waals surface area contributed by atoms with Gasteiger partial charge < -0.3 is 5.73 Å². The Morgan fingerprint density at radius 2 is 2.29 bits per heavy atom. The summed E-state index contributed by atoms with van der Waals surface area (Å²) in [5.41, 5.74) is 5.40. The Morgan fingerprint density at radius 1 is 1.64 bits per heavy atom. The van der Waals surface area contributed by atoms with Gasteiger partial charge in [-0.25, -0.2) is 0 Å². The summed E-state index contributed by atoms with van der Waals surface area (Å²) in [7, 11) is 0. The van der Waals surface area contributed by atoms with E-state index in [-0.39, 0.29) is 18.3 Å². The molecule has 0 aliphatic heterocycles. The Bertz CT molecular complexity index is 235. The van der Waals surface area contributed by atoms with Crippen LogP contribution in [0.4, 0.5) is 0 Å². The van der Waals surface area contributed by atoms with E-state index in [0.29, 0.717) is 11.2 Å². The zero-order valence-electron chi connectivity index (χ0n) is 8.29. The molecular weight excluding hydrogens is 220 g/mol. The van der Waals surface area contributed by atoms with Crippen LogP contribution in [0.25, 0.3) is 0 Å². The average molecular weight is 237 g/mol. The van der Waals surface area contributed by atoms with Gasteiger partial charge in [-0.15, -0.1) is 12.4 Å². The van der Waals surface area contributed by atoms with Gasteiger partial charge in [0, 0.05) is 5.25 Å². The molecule has 3 N–H and O–H groups in total. The molecule has 2 atom stereocenters. The van der Waals surface area contributed by atoms with E-state index in [0.717, 1.165) is 12.8 Å². The standard InChI is InChI=1S/C9H16N2OS.ClH/c1-2-6-5-9(6,10)8(12)11-13-7-3-4-7;/h6-7H,2-5,10H2,1H3,(H,11,12);1H/t6-,9-;/m1./s1. The number of carbonyl (C=O) groups excluding carboxylic acids is 1. The maximum Gasteiger partial charge on any atom is 0.250 e. The molecule has 0 aromatic heterocycles. The zero-order chi connectivity index (χ0) is 9.47. The number of hydrogen-bond acceptors (Lipinski definition) is 3. The quantitative estimate of drug-likeness (QED) is 0.727. The van der Waals surface area contributed by atoms with Crippen molar-refractivity contribution in [1.82, 2.24) is 4.72 Å². The Kier molecular flexibility index (Phi) is 3.72. The fraction of sp³-hybridized carbons (Fsp3) is 0.889. The summed E-state index contributed by atoms with van der Waals surface area (Å²) in [6.45, 7) is 2.08. The molecule has 0 aromatic carbocycles. The van der Waals surface area contributed by atoms with Crippen molar-refractivity contribution in [1.29, 1.82) is 0 Å². The Morgan fingerprint density at radius 3 is 2.71 bits per heavy atom. The minimum Gasteiger partial charge on any atom is -0.317 e. The van der Waals surface area contributed by atoms with Crippen LogP contribution in [0.15, 0.2) is 0 Å². The number of hydrogen-bond donors (Lipinski definition) is 2. The van der Waals surface area contributed by atoms with E-state index < -0.39 is 5.54 Å². The van der Waals surface area contributed by atoms with Gasteiger partial charge in [-0.05, 0) is 37.1 Å². The van der Waals surface area contributed by atoms with Crippen molar-refractivity contribution in [2.45, 2.75) is 43.4 Å². The minimum atomic E-state index is -0.531. The Labute approximate surface area is 95.1 Å². The molecule has 2 aliphatic carbocycles. The van der Waals surface area contributed by atoms with E-state index in [1.807, 2.05) is 0 Å². The highest BCUT2D eigenvalue weighted by Crippen LogP contribution is 2.44. The van der Waals surface area contributed by atoms with Gasteiger partial charge in [-0.3, -0.25) is 9.52 Å². The van der Waals surface area contributed by atoms with Gasteiger partial charge in [0.2, 0.25) is 5.91 Å². The predicted molar refractivity (Wildman–Crippen MR) is 61.3 cm³/mol. The third-order valence-corrected chi connectivity index (χ3v) is 4.02. The molecule has 82 valence electrons. The Balaban J connectivity index is 0.000000980. The molecule has 2 saturated carbocycles. The van der Waals surface area contributed by atoms with Crippen molar-refractivity contribution >= 4 is 30.3 Å². The molecule has 2 rings (SSSR count). The van der Waals surface area contributed by atoms with Crippen molar-refractivity contribution in [3.63, 3.8) is 0 Å². The summed E-state index contributed by atoms with van der Waals surface area (Å²) >= 11 is 1.55. The van der Waals surface area contributed by atoms with Crippen LogP contribution >= 0.6 is 24.4 Å². The molecule has 0 heterocycles. The van der Waals surface area contributed by atoms with Crippen molar-refractivity contribution in [2.24, 2.45) is 11.7 Å². The van der Waals surface area contributed by atoms with Gasteiger partial charge in [-0.1, -0.05) is 13.3 Å². The summed E-state index contributed by atoms with van der Waals surface area (Å²) in [6.07, 6.45) is 4.35. The van der Waals surface area contributed by atoms with Crippen molar-refractivity contribution < 1.29 is 4.79 Å². The second kappa shape index (κ2) is 4.29. The highest BCUT2D eigenvalue weighted by Gasteiger charge is 2.55. The molecule has 0 aromatic rings. The maximum absolute atomic E-state index is 11.6. The zero-order valence-corrected chi connectivity index (χ0v) is 9.92. The first-order valence-electron chi connectivity index (χ1n) is 4.91. The molecule has 3 nitrogen and oxygen atoms in total. The third kappa shape index (κ3) is 2.35. The van der Waals surface area contributed by atoms with Crippen molar-refractivity contribution in [3.05, 3.63) is 0 Å². The van der Waals surface area contributed by atoms with Gasteiger partial charge >= 0.3 is 0 Å². The monoisotopic (exact) mass is 236 g/mol. The van der Waals surface area contributed by atoms with Crippen LogP contribution in [0.3, 0.4) is 0 Å². The van der Waals surface area contributed by atoms with Crippen molar-refractivity contribution in [2.75, 3.05) is 0 Å². The molecule has 2 fully saturated rings. The average Bonchev–Trinajstić information content (AvgIpc) is 2.97. The number of amides is 1. The topological polar surface area (TPSA) is 55.1 Å². The molecular formula is C9H17ClN2OS. The molecule has 0 bridgehead atoms. The van der Waals surface area contributed by atoms with Crippen LogP contribution < -0.4 is 10.5 Å². The molecule has 0 spiro atoms. The predicted octanol–water partition coefficient (Wildman–Crippen LogP) is 1.46. The lowest BCUT2D eigenvalue weighted by atomic mass is 10.2. The van der Waals surface area contributed by atoms with Gasteiger partial charge in [0.1, 0.15) is 0 Å². The van der Waals surface area contributed by atoms with E-state index in [1.54, 1.807) is 11.9 Å². The highest BCUT2D eigenvalue weighted by molar-refractivity contribution is 7.98. The first-order chi connectivity index (χ1) is 6.16. The molecule has 1 amide bonds. The lowest BCUT2D eigenvalue weighted by molar-refractivity contribution is -0.121. The summed E-state index contributed by atoms with van der Waals surface area (Å²) in [4.78, 5) is 11.6. The number of rotatable bonds is 4. The molecule has 5 heteroatoms. The van der Waals surface area contributed by atoms with Gasteiger partial charge in [-0.2, -0.15) is 0 Å². The van der Waals surface area contributed by atoms with E-state index in [1.165, 1.54) is 12.8 Å². The van der Waals surface area contributed by atoms with E-state index in [4.69, 9.17) is 5.73 Å². The summed E-state index contributed by atoms with van der Waals surface area (Å²) in [6, 6.07) is 0. The molecule has 0 unspecified atom stereocenters. The van der Waals surface area contributed by atoms with Crippen LogP contribution in [-0.4, -0.2) is 16.7 Å². The maximum atomic E-state index is 11.6. The second-order valence-corrected chi connectivity index (χ2v) is 5.20. The first-order valence-corrected chi connectivity index (χ1v) is 5.79. The molecule has 14 heavy (non-hydrogen) atoms. The smallest absolute Gasteiger partial charge is 0.250 e.